The fourth-order valence-corrected chi connectivity index (χ4v) is 4.08. The van der Waals surface area contributed by atoms with Crippen LogP contribution in [0, 0.1) is 5.82 Å². The number of H-pyrrole nitrogens is 2. The number of alkyl halides is 3. The number of halogens is 5. The fraction of sp³-hybridized carbons (Fsp3) is 0.316. The minimum Gasteiger partial charge on any atom is -0.364 e. The lowest BCUT2D eigenvalue weighted by Gasteiger charge is -2.30. The van der Waals surface area contributed by atoms with Gasteiger partial charge in [-0.3, -0.25) is 19.4 Å². The lowest BCUT2D eigenvalue weighted by Crippen LogP contribution is -2.34. The fourth-order valence-electron chi connectivity index (χ4n) is 3.87. The Labute approximate surface area is 177 Å². The molecule has 0 bridgehead atoms. The summed E-state index contributed by atoms with van der Waals surface area (Å²) in [7, 11) is 0. The number of nitrogens with zero attached hydrogens (tertiary/aromatic N) is 3. The van der Waals surface area contributed by atoms with Crippen molar-refractivity contribution in [3.05, 3.63) is 78.3 Å². The molecule has 3 aromatic rings. The largest absolute Gasteiger partial charge is 0.416 e. The normalized spacial score (nSPS) is 15.1. The van der Waals surface area contributed by atoms with Crippen molar-refractivity contribution < 1.29 is 17.6 Å². The Hall–Kier alpha value is -3.08. The maximum Gasteiger partial charge on any atom is 0.416 e. The predicted molar refractivity (Wildman–Crippen MR) is 105 cm³/mol. The zero-order chi connectivity index (χ0) is 22.5. The van der Waals surface area contributed by atoms with Gasteiger partial charge in [-0.05, 0) is 24.6 Å². The van der Waals surface area contributed by atoms with Gasteiger partial charge >= 0.3 is 6.18 Å². The highest BCUT2D eigenvalue weighted by Gasteiger charge is 2.36. The third-order valence-electron chi connectivity index (χ3n) is 5.38. The van der Waals surface area contributed by atoms with Crippen LogP contribution in [0.3, 0.4) is 0 Å². The Balaban J connectivity index is 1.73. The van der Waals surface area contributed by atoms with Gasteiger partial charge in [0.2, 0.25) is 0 Å². The van der Waals surface area contributed by atoms with E-state index in [0.29, 0.717) is 36.0 Å². The minimum absolute atomic E-state index is 0.0659. The lowest BCUT2D eigenvalue weighted by molar-refractivity contribution is -0.138. The summed E-state index contributed by atoms with van der Waals surface area (Å²) in [5.41, 5.74) is -1.04. The molecule has 0 radical (unpaired) electrons. The maximum atomic E-state index is 13.5. The number of benzene rings is 1. The van der Waals surface area contributed by atoms with Crippen molar-refractivity contribution >= 4 is 17.3 Å². The summed E-state index contributed by atoms with van der Waals surface area (Å²) >= 11 is 6.05. The molecule has 31 heavy (non-hydrogen) atoms. The first kappa shape index (κ1) is 21.2. The summed E-state index contributed by atoms with van der Waals surface area (Å²) in [4.78, 5) is 26.0. The van der Waals surface area contributed by atoms with Gasteiger partial charge in [0.15, 0.2) is 0 Å². The van der Waals surface area contributed by atoms with E-state index in [1.54, 1.807) is 4.90 Å². The van der Waals surface area contributed by atoms with Crippen molar-refractivity contribution in [1.29, 1.82) is 0 Å². The highest BCUT2D eigenvalue weighted by molar-refractivity contribution is 6.33. The Morgan fingerprint density at radius 1 is 1.23 bits per heavy atom. The standard InChI is InChI=1S/C19H16ClF4N5O2/c1-9(11-3-2-10(21)6-13(11)19(22,23)24)29-14-4-5-28(8-12(14)17(30)27-29)15-7-25-26-18(31)16(15)20/h2-3,6-7,9H,4-5,8H2,1H3,(H,26,31)(H,27,30)/t9-/m1/s1. The molecule has 0 aliphatic carbocycles. The summed E-state index contributed by atoms with van der Waals surface area (Å²) in [5.74, 6) is -0.995. The zero-order valence-electron chi connectivity index (χ0n) is 16.1. The maximum absolute atomic E-state index is 13.5. The summed E-state index contributed by atoms with van der Waals surface area (Å²) in [6, 6.07) is 1.58. The van der Waals surface area contributed by atoms with Crippen molar-refractivity contribution in [3.8, 4) is 0 Å². The number of anilines is 1. The van der Waals surface area contributed by atoms with Gasteiger partial charge in [0.05, 0.1) is 35.6 Å². The second-order valence-electron chi connectivity index (χ2n) is 7.21. The molecular formula is C19H16ClF4N5O2. The van der Waals surface area contributed by atoms with E-state index in [-0.39, 0.29) is 17.1 Å². The van der Waals surface area contributed by atoms with Crippen molar-refractivity contribution in [3.63, 3.8) is 0 Å². The topological polar surface area (TPSA) is 86.8 Å². The summed E-state index contributed by atoms with van der Waals surface area (Å²) in [5, 5.41) is 8.47. The van der Waals surface area contributed by atoms with Gasteiger partial charge in [-0.2, -0.15) is 18.3 Å². The van der Waals surface area contributed by atoms with Crippen molar-refractivity contribution in [1.82, 2.24) is 20.0 Å². The van der Waals surface area contributed by atoms with Crippen LogP contribution in [0.1, 0.15) is 35.3 Å². The van der Waals surface area contributed by atoms with E-state index < -0.39 is 34.7 Å². The molecule has 12 heteroatoms. The highest BCUT2D eigenvalue weighted by atomic mass is 35.5. The van der Waals surface area contributed by atoms with Crippen LogP contribution >= 0.6 is 11.6 Å². The second-order valence-corrected chi connectivity index (χ2v) is 7.59. The van der Waals surface area contributed by atoms with Crippen LogP contribution in [0.4, 0.5) is 23.2 Å². The van der Waals surface area contributed by atoms with Crippen molar-refractivity contribution in [2.75, 3.05) is 11.4 Å². The third kappa shape index (κ3) is 3.73. The van der Waals surface area contributed by atoms with E-state index >= 15 is 0 Å². The van der Waals surface area contributed by atoms with Gasteiger partial charge < -0.3 is 4.90 Å². The SMILES string of the molecule is C[C@H](c1ccc(F)cc1C(F)(F)F)n1[nH]c(=O)c2c1CCN(c1cn[nH]c(=O)c1Cl)C2. The molecule has 1 aromatic carbocycles. The Morgan fingerprint density at radius 3 is 2.68 bits per heavy atom. The number of nitrogens with one attached hydrogen (secondary N) is 2. The van der Waals surface area contributed by atoms with Crippen LogP contribution in [0.5, 0.6) is 0 Å². The van der Waals surface area contributed by atoms with Crippen LogP contribution in [0.25, 0.3) is 0 Å². The van der Waals surface area contributed by atoms with Crippen molar-refractivity contribution in [2.24, 2.45) is 0 Å². The van der Waals surface area contributed by atoms with E-state index in [9.17, 15) is 27.2 Å². The Kier molecular flexibility index (Phi) is 5.16. The molecule has 3 heterocycles. The molecule has 2 aromatic heterocycles. The molecule has 164 valence electrons. The average Bonchev–Trinajstić information content (AvgIpc) is 3.05. The number of rotatable bonds is 3. The molecule has 1 aliphatic rings. The number of hydrogen-bond acceptors (Lipinski definition) is 4. The molecule has 1 atom stereocenters. The van der Waals surface area contributed by atoms with E-state index in [1.165, 1.54) is 17.8 Å². The average molecular weight is 458 g/mol. The molecule has 0 spiro atoms. The molecular weight excluding hydrogens is 442 g/mol. The van der Waals surface area contributed by atoms with Gasteiger partial charge in [-0.25, -0.2) is 9.49 Å². The molecule has 0 unspecified atom stereocenters. The molecule has 7 nitrogen and oxygen atoms in total. The molecule has 1 aliphatic heterocycles. The van der Waals surface area contributed by atoms with Crippen LogP contribution < -0.4 is 16.0 Å². The summed E-state index contributed by atoms with van der Waals surface area (Å²) in [6.07, 6.45) is -3.07. The first-order chi connectivity index (χ1) is 14.6. The minimum atomic E-state index is -4.75. The molecule has 0 fully saturated rings. The first-order valence-electron chi connectivity index (χ1n) is 9.25. The van der Waals surface area contributed by atoms with Gasteiger partial charge in [0.1, 0.15) is 10.8 Å². The molecule has 0 saturated heterocycles. The van der Waals surface area contributed by atoms with Crippen LogP contribution in [0.15, 0.2) is 34.0 Å². The van der Waals surface area contributed by atoms with Gasteiger partial charge in [0, 0.05) is 18.7 Å². The van der Waals surface area contributed by atoms with E-state index in [2.05, 4.69) is 15.3 Å². The second kappa shape index (κ2) is 7.56. The molecule has 4 rings (SSSR count). The van der Waals surface area contributed by atoms with E-state index in [0.717, 1.165) is 12.1 Å². The molecule has 2 N–H and O–H groups in total. The van der Waals surface area contributed by atoms with Gasteiger partial charge in [-0.1, -0.05) is 17.7 Å². The number of hydrogen-bond donors (Lipinski definition) is 2. The quantitative estimate of drug-likeness (QED) is 0.591. The van der Waals surface area contributed by atoms with E-state index in [4.69, 9.17) is 11.6 Å². The molecule has 0 amide bonds. The number of fused-ring (bicyclic) bond motifs is 1. The summed E-state index contributed by atoms with van der Waals surface area (Å²) in [6.45, 7) is 1.96. The van der Waals surface area contributed by atoms with Crippen LogP contribution in [-0.4, -0.2) is 26.5 Å². The molecule has 0 saturated carbocycles. The lowest BCUT2D eigenvalue weighted by atomic mass is 9.99. The smallest absolute Gasteiger partial charge is 0.364 e. The van der Waals surface area contributed by atoms with Crippen LogP contribution in [0.2, 0.25) is 5.02 Å². The number of aromatic nitrogens is 4. The van der Waals surface area contributed by atoms with E-state index in [1.807, 2.05) is 0 Å². The summed E-state index contributed by atoms with van der Waals surface area (Å²) < 4.78 is 55.2. The first-order valence-corrected chi connectivity index (χ1v) is 9.62. The third-order valence-corrected chi connectivity index (χ3v) is 5.74. The number of aromatic amines is 2. The predicted octanol–water partition coefficient (Wildman–Crippen LogP) is 3.24. The Bertz CT molecular complexity index is 1260. The highest BCUT2D eigenvalue weighted by Crippen LogP contribution is 2.37. The van der Waals surface area contributed by atoms with Gasteiger partial charge in [-0.15, -0.1) is 0 Å². The van der Waals surface area contributed by atoms with Crippen molar-refractivity contribution in [2.45, 2.75) is 32.1 Å². The monoisotopic (exact) mass is 457 g/mol. The van der Waals surface area contributed by atoms with Crippen LogP contribution in [-0.2, 0) is 19.1 Å². The van der Waals surface area contributed by atoms with Gasteiger partial charge in [0.25, 0.3) is 11.1 Å². The Morgan fingerprint density at radius 2 is 1.97 bits per heavy atom. The zero-order valence-corrected chi connectivity index (χ0v) is 16.8.